The van der Waals surface area contributed by atoms with Crippen LogP contribution in [-0.2, 0) is 38.0 Å². The van der Waals surface area contributed by atoms with Crippen molar-refractivity contribution in [2.75, 3.05) is 26.4 Å². The van der Waals surface area contributed by atoms with Gasteiger partial charge in [0.05, 0.1) is 13.2 Å². The molecule has 0 radical (unpaired) electrons. The summed E-state index contributed by atoms with van der Waals surface area (Å²) in [5.41, 5.74) is -0.117. The molecule has 8 heteroatoms. The highest BCUT2D eigenvalue weighted by molar-refractivity contribution is 6.14. The van der Waals surface area contributed by atoms with Gasteiger partial charge in [0.25, 0.3) is 0 Å². The Bertz CT molecular complexity index is 522. The summed E-state index contributed by atoms with van der Waals surface area (Å²) in [6, 6.07) is 0. The second-order valence-corrected chi connectivity index (χ2v) is 7.50. The van der Waals surface area contributed by atoms with Crippen molar-refractivity contribution in [3.8, 4) is 0 Å². The number of carbonyl (C=O) groups excluding carboxylic acids is 2. The van der Waals surface area contributed by atoms with Crippen LogP contribution in [0.2, 0.25) is 0 Å². The van der Waals surface area contributed by atoms with Crippen molar-refractivity contribution in [3.05, 3.63) is 11.6 Å². The summed E-state index contributed by atoms with van der Waals surface area (Å²) in [5.74, 6) is -2.86. The molecule has 27 heavy (non-hydrogen) atoms. The Morgan fingerprint density at radius 1 is 0.926 bits per heavy atom. The van der Waals surface area contributed by atoms with Gasteiger partial charge in [-0.2, -0.15) is 0 Å². The summed E-state index contributed by atoms with van der Waals surface area (Å²) >= 11 is 0. The van der Waals surface area contributed by atoms with E-state index in [4.69, 9.17) is 28.4 Å². The van der Waals surface area contributed by atoms with Crippen molar-refractivity contribution in [1.29, 1.82) is 0 Å². The predicted octanol–water partition coefficient (Wildman–Crippen LogP) is 2.10. The summed E-state index contributed by atoms with van der Waals surface area (Å²) in [5, 5.41) is 0. The van der Waals surface area contributed by atoms with E-state index in [1.54, 1.807) is 27.7 Å². The Hall–Kier alpha value is -1.48. The molecule has 0 saturated carbocycles. The monoisotopic (exact) mass is 386 g/mol. The first-order valence-electron chi connectivity index (χ1n) is 9.30. The predicted molar refractivity (Wildman–Crippen MR) is 94.7 cm³/mol. The maximum absolute atomic E-state index is 12.4. The van der Waals surface area contributed by atoms with Crippen LogP contribution in [0.4, 0.5) is 0 Å². The van der Waals surface area contributed by atoms with E-state index in [0.29, 0.717) is 19.6 Å². The molecular formula is C19H30O8. The molecular weight excluding hydrogens is 356 g/mol. The first kappa shape index (κ1) is 21.8. The van der Waals surface area contributed by atoms with Gasteiger partial charge in [0.15, 0.2) is 11.6 Å². The average Bonchev–Trinajstić information content (AvgIpc) is 3.12. The van der Waals surface area contributed by atoms with Gasteiger partial charge >= 0.3 is 11.9 Å². The molecule has 2 heterocycles. The number of carbonyl (C=O) groups is 2. The molecule has 2 unspecified atom stereocenters. The van der Waals surface area contributed by atoms with Gasteiger partial charge in [-0.05, 0) is 34.1 Å². The molecule has 0 amide bonds. The first-order valence-corrected chi connectivity index (χ1v) is 9.30. The smallest absolute Gasteiger partial charge is 0.345 e. The molecule has 2 fully saturated rings. The lowest BCUT2D eigenvalue weighted by Gasteiger charge is -2.18. The fraction of sp³-hybridized carbons (Fsp3) is 0.789. The van der Waals surface area contributed by atoms with E-state index in [0.717, 1.165) is 6.42 Å². The zero-order valence-corrected chi connectivity index (χ0v) is 16.7. The van der Waals surface area contributed by atoms with Gasteiger partial charge in [0, 0.05) is 0 Å². The minimum atomic E-state index is -0.731. The minimum Gasteiger partial charge on any atom is -0.459 e. The topological polar surface area (TPSA) is 89.5 Å². The lowest BCUT2D eigenvalue weighted by atomic mass is 10.2. The summed E-state index contributed by atoms with van der Waals surface area (Å²) in [6.07, 6.45) is 2.16. The highest BCUT2D eigenvalue weighted by Crippen LogP contribution is 2.23. The molecule has 0 aromatic carbocycles. The van der Waals surface area contributed by atoms with E-state index in [-0.39, 0.29) is 31.0 Å². The molecule has 2 atom stereocenters. The Morgan fingerprint density at radius 2 is 1.37 bits per heavy atom. The van der Waals surface area contributed by atoms with Gasteiger partial charge in [-0.3, -0.25) is 0 Å². The summed E-state index contributed by atoms with van der Waals surface area (Å²) < 4.78 is 32.5. The fourth-order valence-corrected chi connectivity index (χ4v) is 2.72. The van der Waals surface area contributed by atoms with Gasteiger partial charge in [-0.15, -0.1) is 0 Å². The number of esters is 2. The zero-order valence-electron chi connectivity index (χ0n) is 16.7. The molecule has 0 aromatic rings. The van der Waals surface area contributed by atoms with Crippen LogP contribution < -0.4 is 0 Å². The minimum absolute atomic E-state index is 0.00672. The molecule has 0 spiro atoms. The molecule has 0 aliphatic carbocycles. The maximum Gasteiger partial charge on any atom is 0.345 e. The third-order valence-electron chi connectivity index (χ3n) is 4.01. The number of ether oxygens (including phenoxy) is 6. The SMILES string of the molecule is CCCC=C(C(=O)OCC1COC(C)(C)O1)C(=O)OCC1COC(C)(C)O1. The van der Waals surface area contributed by atoms with Gasteiger partial charge in [-0.25, -0.2) is 9.59 Å². The summed E-state index contributed by atoms with van der Waals surface area (Å²) in [4.78, 5) is 24.7. The standard InChI is InChI=1S/C19H30O8/c1-6-7-8-15(16(20)22-9-13-11-24-18(2,3)26-13)17(21)23-10-14-12-25-19(4,5)27-14/h8,13-14H,6-7,9-12H2,1-5H3. The Labute approximate surface area is 160 Å². The number of unbranched alkanes of at least 4 members (excludes halogenated alkanes) is 1. The Kier molecular flexibility index (Phi) is 7.39. The van der Waals surface area contributed by atoms with E-state index in [2.05, 4.69) is 0 Å². The Balaban J connectivity index is 1.85. The largest absolute Gasteiger partial charge is 0.459 e. The zero-order chi connectivity index (χ0) is 20.1. The van der Waals surface area contributed by atoms with Crippen LogP contribution >= 0.6 is 0 Å². The molecule has 154 valence electrons. The molecule has 8 nitrogen and oxygen atoms in total. The van der Waals surface area contributed by atoms with Crippen LogP contribution in [0.5, 0.6) is 0 Å². The van der Waals surface area contributed by atoms with Crippen molar-refractivity contribution >= 4 is 11.9 Å². The lowest BCUT2D eigenvalue weighted by Crippen LogP contribution is -2.28. The number of hydrogen-bond acceptors (Lipinski definition) is 8. The van der Waals surface area contributed by atoms with Crippen molar-refractivity contribution in [2.45, 2.75) is 71.2 Å². The van der Waals surface area contributed by atoms with Crippen LogP contribution in [0.1, 0.15) is 47.5 Å². The van der Waals surface area contributed by atoms with Crippen molar-refractivity contribution in [2.24, 2.45) is 0 Å². The highest BCUT2D eigenvalue weighted by atomic mass is 16.8. The quantitative estimate of drug-likeness (QED) is 0.271. The van der Waals surface area contributed by atoms with Gasteiger partial charge in [-0.1, -0.05) is 19.4 Å². The number of rotatable bonds is 8. The second kappa shape index (κ2) is 9.14. The molecule has 2 saturated heterocycles. The van der Waals surface area contributed by atoms with E-state index in [1.165, 1.54) is 6.08 Å². The highest BCUT2D eigenvalue weighted by Gasteiger charge is 2.35. The average molecular weight is 386 g/mol. The summed E-state index contributed by atoms with van der Waals surface area (Å²) in [7, 11) is 0. The van der Waals surface area contributed by atoms with Crippen LogP contribution in [0, 0.1) is 0 Å². The molecule has 0 aromatic heterocycles. The van der Waals surface area contributed by atoms with Crippen molar-refractivity contribution in [1.82, 2.24) is 0 Å². The van der Waals surface area contributed by atoms with Crippen LogP contribution in [0.15, 0.2) is 11.6 Å². The molecule has 0 N–H and O–H groups in total. The maximum atomic E-state index is 12.4. The van der Waals surface area contributed by atoms with Crippen LogP contribution in [0.25, 0.3) is 0 Å². The molecule has 0 bridgehead atoms. The van der Waals surface area contributed by atoms with Crippen molar-refractivity contribution in [3.63, 3.8) is 0 Å². The van der Waals surface area contributed by atoms with Crippen LogP contribution in [-0.4, -0.2) is 62.1 Å². The van der Waals surface area contributed by atoms with Gasteiger partial charge in [0.2, 0.25) is 0 Å². The third-order valence-corrected chi connectivity index (χ3v) is 4.01. The molecule has 2 aliphatic rings. The lowest BCUT2D eigenvalue weighted by molar-refractivity contribution is -0.161. The third kappa shape index (κ3) is 6.88. The first-order chi connectivity index (χ1) is 12.6. The fourth-order valence-electron chi connectivity index (χ4n) is 2.72. The van der Waals surface area contributed by atoms with E-state index < -0.39 is 23.5 Å². The summed E-state index contributed by atoms with van der Waals surface area (Å²) in [6.45, 7) is 9.76. The van der Waals surface area contributed by atoms with Gasteiger partial charge < -0.3 is 28.4 Å². The van der Waals surface area contributed by atoms with E-state index in [1.807, 2.05) is 6.92 Å². The number of hydrogen-bond donors (Lipinski definition) is 0. The number of allylic oxidation sites excluding steroid dienone is 1. The Morgan fingerprint density at radius 3 is 1.70 bits per heavy atom. The van der Waals surface area contributed by atoms with E-state index >= 15 is 0 Å². The van der Waals surface area contributed by atoms with E-state index in [9.17, 15) is 9.59 Å². The van der Waals surface area contributed by atoms with Crippen LogP contribution in [0.3, 0.4) is 0 Å². The molecule has 2 aliphatic heterocycles. The van der Waals surface area contributed by atoms with Crippen molar-refractivity contribution < 1.29 is 38.0 Å². The molecule has 2 rings (SSSR count). The van der Waals surface area contributed by atoms with Gasteiger partial charge in [0.1, 0.15) is 31.0 Å². The second-order valence-electron chi connectivity index (χ2n) is 7.50. The normalized spacial score (nSPS) is 25.8.